The van der Waals surface area contributed by atoms with E-state index < -0.39 is 5.41 Å². The van der Waals surface area contributed by atoms with E-state index in [9.17, 15) is 0 Å². The van der Waals surface area contributed by atoms with Crippen molar-refractivity contribution in [2.24, 2.45) is 0 Å². The lowest BCUT2D eigenvalue weighted by Crippen LogP contribution is -2.26. The Balaban J connectivity index is 1.21. The van der Waals surface area contributed by atoms with Gasteiger partial charge in [0.2, 0.25) is 0 Å². The van der Waals surface area contributed by atoms with Crippen LogP contribution in [0.25, 0.3) is 55.3 Å². The number of furan rings is 1. The molecule has 0 saturated carbocycles. The van der Waals surface area contributed by atoms with Crippen molar-refractivity contribution in [3.05, 3.63) is 210 Å². The molecule has 0 amide bonds. The predicted octanol–water partition coefficient (Wildman–Crippen LogP) is 14.4. The molecule has 1 heterocycles. The molecule has 0 bridgehead atoms. The molecule has 0 saturated heterocycles. The van der Waals surface area contributed by atoms with Gasteiger partial charge in [0.05, 0.1) is 16.8 Å². The molecule has 2 aliphatic carbocycles. The molecule has 2 aliphatic rings. The highest BCUT2D eigenvalue weighted by Crippen LogP contribution is 2.64. The summed E-state index contributed by atoms with van der Waals surface area (Å²) in [6.45, 7) is 6.81. The number of hydrogen-bond acceptors (Lipinski definition) is 2. The van der Waals surface area contributed by atoms with Crippen molar-refractivity contribution in [1.82, 2.24) is 0 Å². The predicted molar refractivity (Wildman–Crippen MR) is 229 cm³/mol. The van der Waals surface area contributed by atoms with E-state index in [0.29, 0.717) is 0 Å². The zero-order valence-electron chi connectivity index (χ0n) is 31.2. The van der Waals surface area contributed by atoms with Crippen LogP contribution in [0.1, 0.15) is 48.6 Å². The second-order valence-corrected chi connectivity index (χ2v) is 16.0. The summed E-state index contributed by atoms with van der Waals surface area (Å²) in [6, 6.07) is 67.1. The molecule has 0 atom stereocenters. The molecule has 11 rings (SSSR count). The van der Waals surface area contributed by atoms with Gasteiger partial charge < -0.3 is 9.32 Å². The molecule has 1 spiro atoms. The molecule has 2 nitrogen and oxygen atoms in total. The van der Waals surface area contributed by atoms with E-state index in [0.717, 1.165) is 39.0 Å². The maximum Gasteiger partial charge on any atom is 0.137 e. The number of rotatable bonds is 4. The lowest BCUT2D eigenvalue weighted by atomic mass is 9.70. The summed E-state index contributed by atoms with van der Waals surface area (Å²) in [5, 5.41) is 2.25. The Labute approximate surface area is 322 Å². The quantitative estimate of drug-likeness (QED) is 0.181. The number of para-hydroxylation sites is 2. The van der Waals surface area contributed by atoms with E-state index in [-0.39, 0.29) is 5.41 Å². The number of nitrogens with zero attached hydrogens (tertiary/aromatic N) is 1. The smallest absolute Gasteiger partial charge is 0.137 e. The van der Waals surface area contributed by atoms with E-state index in [1.54, 1.807) is 0 Å². The number of hydrogen-bond donors (Lipinski definition) is 0. The Morgan fingerprint density at radius 3 is 1.69 bits per heavy atom. The van der Waals surface area contributed by atoms with Gasteiger partial charge in [-0.05, 0) is 85.8 Å². The summed E-state index contributed by atoms with van der Waals surface area (Å²) in [5.74, 6) is 0. The van der Waals surface area contributed by atoms with Crippen molar-refractivity contribution < 1.29 is 4.42 Å². The minimum Gasteiger partial charge on any atom is -0.456 e. The van der Waals surface area contributed by atoms with E-state index in [4.69, 9.17) is 4.42 Å². The van der Waals surface area contributed by atoms with Crippen LogP contribution in [0.4, 0.5) is 17.1 Å². The summed E-state index contributed by atoms with van der Waals surface area (Å²) in [5.41, 5.74) is 18.8. The molecule has 1 aromatic heterocycles. The van der Waals surface area contributed by atoms with Gasteiger partial charge in [0.15, 0.2) is 0 Å². The van der Waals surface area contributed by atoms with Crippen LogP contribution in [-0.2, 0) is 10.8 Å². The van der Waals surface area contributed by atoms with Crippen LogP contribution >= 0.6 is 0 Å². The van der Waals surface area contributed by atoms with Crippen LogP contribution in [0.15, 0.2) is 186 Å². The van der Waals surface area contributed by atoms with Gasteiger partial charge in [-0.2, -0.15) is 0 Å². The van der Waals surface area contributed by atoms with Crippen molar-refractivity contribution >= 4 is 39.0 Å². The summed E-state index contributed by atoms with van der Waals surface area (Å²) >= 11 is 0. The molecule has 0 unspecified atom stereocenters. The molecule has 2 heteroatoms. The van der Waals surface area contributed by atoms with Gasteiger partial charge in [0.25, 0.3) is 0 Å². The molecular weight excluding hydrogens is 667 g/mol. The first kappa shape index (κ1) is 31.8. The Bertz CT molecular complexity index is 2930. The normalized spacial score (nSPS) is 13.5. The second kappa shape index (κ2) is 11.7. The minimum atomic E-state index is -0.439. The third kappa shape index (κ3) is 4.49. The second-order valence-electron chi connectivity index (χ2n) is 16.0. The standard InChI is InChI=1S/C53H39NO/c1-52(2,3)35-29-27-34(28-30-35)37-15-7-12-24-47(37)54(36-31-32-41-40-18-8-13-26-49(40)55-50(41)33-36)48-25-14-23-46-51(48)42-19-6-11-22-45(42)53(46)43-20-9-4-16-38(43)39-17-5-10-21-44(39)53/h4-33H,1-3H3. The average molecular weight is 706 g/mol. The lowest BCUT2D eigenvalue weighted by molar-refractivity contribution is 0.590. The highest BCUT2D eigenvalue weighted by molar-refractivity contribution is 6.07. The van der Waals surface area contributed by atoms with E-state index in [1.807, 2.05) is 6.07 Å². The van der Waals surface area contributed by atoms with Crippen LogP contribution in [0.2, 0.25) is 0 Å². The molecule has 0 radical (unpaired) electrons. The van der Waals surface area contributed by atoms with Crippen LogP contribution in [-0.4, -0.2) is 0 Å². The molecule has 262 valence electrons. The molecule has 0 fully saturated rings. The topological polar surface area (TPSA) is 16.4 Å². The van der Waals surface area contributed by atoms with E-state index in [2.05, 4.69) is 202 Å². The zero-order chi connectivity index (χ0) is 36.9. The third-order valence-corrected chi connectivity index (χ3v) is 12.1. The minimum absolute atomic E-state index is 0.0670. The molecule has 0 N–H and O–H groups in total. The van der Waals surface area contributed by atoms with Gasteiger partial charge in [0.1, 0.15) is 11.2 Å². The highest BCUT2D eigenvalue weighted by Gasteiger charge is 2.52. The maximum absolute atomic E-state index is 6.55. The van der Waals surface area contributed by atoms with Crippen LogP contribution < -0.4 is 4.90 Å². The Hall–Kier alpha value is -6.64. The van der Waals surface area contributed by atoms with Gasteiger partial charge in [-0.3, -0.25) is 0 Å². The fraction of sp³-hybridized carbons (Fsp3) is 0.0943. The van der Waals surface area contributed by atoms with Crippen LogP contribution in [0, 0.1) is 0 Å². The van der Waals surface area contributed by atoms with Gasteiger partial charge in [-0.25, -0.2) is 0 Å². The van der Waals surface area contributed by atoms with E-state index >= 15 is 0 Å². The zero-order valence-corrected chi connectivity index (χ0v) is 31.2. The number of benzene rings is 8. The fourth-order valence-electron chi connectivity index (χ4n) is 9.63. The Morgan fingerprint density at radius 2 is 0.982 bits per heavy atom. The molecule has 55 heavy (non-hydrogen) atoms. The van der Waals surface area contributed by atoms with Gasteiger partial charge in [-0.1, -0.05) is 166 Å². The summed E-state index contributed by atoms with van der Waals surface area (Å²) in [7, 11) is 0. The molecule has 9 aromatic rings. The highest BCUT2D eigenvalue weighted by atomic mass is 16.3. The van der Waals surface area contributed by atoms with Crippen LogP contribution in [0.3, 0.4) is 0 Å². The maximum atomic E-state index is 6.55. The van der Waals surface area contributed by atoms with Crippen molar-refractivity contribution in [2.75, 3.05) is 4.90 Å². The number of anilines is 3. The fourth-order valence-corrected chi connectivity index (χ4v) is 9.63. The Kier molecular flexibility index (Phi) is 6.76. The molecule has 8 aromatic carbocycles. The first-order valence-corrected chi connectivity index (χ1v) is 19.3. The summed E-state index contributed by atoms with van der Waals surface area (Å²) in [4.78, 5) is 2.47. The van der Waals surface area contributed by atoms with Crippen molar-refractivity contribution in [2.45, 2.75) is 31.6 Å². The molecular formula is C53H39NO. The van der Waals surface area contributed by atoms with Gasteiger partial charge >= 0.3 is 0 Å². The van der Waals surface area contributed by atoms with Gasteiger partial charge in [0, 0.05) is 33.7 Å². The lowest BCUT2D eigenvalue weighted by Gasteiger charge is -2.32. The number of fused-ring (bicyclic) bond motifs is 13. The third-order valence-electron chi connectivity index (χ3n) is 12.1. The molecule has 0 aliphatic heterocycles. The summed E-state index contributed by atoms with van der Waals surface area (Å²) in [6.07, 6.45) is 0. The van der Waals surface area contributed by atoms with E-state index in [1.165, 1.54) is 61.2 Å². The first-order chi connectivity index (χ1) is 26.9. The summed E-state index contributed by atoms with van der Waals surface area (Å²) < 4.78 is 6.55. The van der Waals surface area contributed by atoms with Gasteiger partial charge in [-0.15, -0.1) is 0 Å². The first-order valence-electron chi connectivity index (χ1n) is 19.3. The van der Waals surface area contributed by atoms with Crippen molar-refractivity contribution in [1.29, 1.82) is 0 Å². The van der Waals surface area contributed by atoms with Crippen molar-refractivity contribution in [3.63, 3.8) is 0 Å². The Morgan fingerprint density at radius 1 is 0.436 bits per heavy atom. The van der Waals surface area contributed by atoms with Crippen LogP contribution in [0.5, 0.6) is 0 Å². The SMILES string of the molecule is CC(C)(C)c1ccc(-c2ccccc2N(c2ccc3c(c2)oc2ccccc23)c2cccc3c2-c2ccccc2C32c3ccccc3-c3ccccc32)cc1. The average Bonchev–Trinajstić information content (AvgIpc) is 3.85. The monoisotopic (exact) mass is 705 g/mol. The largest absolute Gasteiger partial charge is 0.456 e. The van der Waals surface area contributed by atoms with Crippen molar-refractivity contribution in [3.8, 4) is 33.4 Å².